The number of amides is 1. The smallest absolute Gasteiger partial charge is 0.243 e. The van der Waals surface area contributed by atoms with Gasteiger partial charge in [0, 0.05) is 22.4 Å². The number of rotatable bonds is 3. The Bertz CT molecular complexity index is 729. The van der Waals surface area contributed by atoms with E-state index in [1.807, 2.05) is 36.0 Å². The second kappa shape index (κ2) is 6.67. The second-order valence-corrected chi connectivity index (χ2v) is 7.60. The normalized spacial score (nSPS) is 16.8. The Kier molecular flexibility index (Phi) is 4.62. The highest BCUT2D eigenvalue weighted by Crippen LogP contribution is 2.37. The summed E-state index contributed by atoms with van der Waals surface area (Å²) in [6, 6.07) is 14.3. The minimum atomic E-state index is 0.0298. The van der Waals surface area contributed by atoms with E-state index in [-0.39, 0.29) is 5.91 Å². The van der Waals surface area contributed by atoms with E-state index >= 15 is 0 Å². The largest absolute Gasteiger partial charge is 0.360 e. The first-order chi connectivity index (χ1) is 11.0. The fourth-order valence-corrected chi connectivity index (χ4v) is 3.99. The summed E-state index contributed by atoms with van der Waals surface area (Å²) >= 11 is 1.88. The lowest BCUT2D eigenvalue weighted by Crippen LogP contribution is -2.39. The van der Waals surface area contributed by atoms with Gasteiger partial charge in [0.1, 0.15) is 0 Å². The van der Waals surface area contributed by atoms with Gasteiger partial charge in [0.25, 0.3) is 0 Å². The Labute approximate surface area is 142 Å². The van der Waals surface area contributed by atoms with Crippen molar-refractivity contribution in [2.45, 2.75) is 30.9 Å². The molecule has 0 spiro atoms. The molecule has 0 radical (unpaired) electrons. The number of hydrogen-bond donors (Lipinski definition) is 1. The summed E-state index contributed by atoms with van der Waals surface area (Å²) in [4.78, 5) is 15.9. The maximum Gasteiger partial charge on any atom is 0.243 e. The van der Waals surface area contributed by atoms with Crippen LogP contribution in [0.3, 0.4) is 0 Å². The minimum Gasteiger partial charge on any atom is -0.360 e. The number of carbonyl (C=O) groups is 1. The highest BCUT2D eigenvalue weighted by molar-refractivity contribution is 8.00. The van der Waals surface area contributed by atoms with Gasteiger partial charge in [-0.3, -0.25) is 4.79 Å². The zero-order valence-corrected chi connectivity index (χ0v) is 14.6. The van der Waals surface area contributed by atoms with Crippen LogP contribution in [0.5, 0.6) is 0 Å². The lowest BCUT2D eigenvalue weighted by atomic mass is 10.1. The number of para-hydroxylation sites is 1. The van der Waals surface area contributed by atoms with Crippen LogP contribution in [0.4, 0.5) is 11.4 Å². The standard InChI is InChI=1S/C19H22N2OS/c1-13-8-9-16(10-14(13)2)20-19(22)12-21-11-15(3)23-18-7-5-4-6-17(18)21/h4-10,15H,11-12H2,1-3H3,(H,20,22). The summed E-state index contributed by atoms with van der Waals surface area (Å²) in [6.07, 6.45) is 0. The first-order valence-corrected chi connectivity index (χ1v) is 8.78. The van der Waals surface area contributed by atoms with Crippen molar-refractivity contribution >= 4 is 29.0 Å². The van der Waals surface area contributed by atoms with Crippen LogP contribution in [0.15, 0.2) is 47.4 Å². The summed E-state index contributed by atoms with van der Waals surface area (Å²) < 4.78 is 0. The van der Waals surface area contributed by atoms with Gasteiger partial charge in [0.05, 0.1) is 12.2 Å². The molecular weight excluding hydrogens is 304 g/mol. The fraction of sp³-hybridized carbons (Fsp3) is 0.316. The molecule has 1 heterocycles. The molecule has 0 saturated carbocycles. The Morgan fingerprint density at radius 2 is 2.00 bits per heavy atom. The molecule has 1 aliphatic heterocycles. The van der Waals surface area contributed by atoms with Crippen LogP contribution in [0, 0.1) is 13.8 Å². The molecule has 4 heteroatoms. The fourth-order valence-electron chi connectivity index (χ4n) is 2.82. The van der Waals surface area contributed by atoms with Crippen LogP contribution in [-0.4, -0.2) is 24.2 Å². The highest BCUT2D eigenvalue weighted by atomic mass is 32.2. The summed E-state index contributed by atoms with van der Waals surface area (Å²) in [5.74, 6) is 0.0298. The zero-order valence-electron chi connectivity index (χ0n) is 13.8. The van der Waals surface area contributed by atoms with Crippen molar-refractivity contribution < 1.29 is 4.79 Å². The SMILES string of the molecule is Cc1ccc(NC(=O)CN2CC(C)Sc3ccccc32)cc1C. The van der Waals surface area contributed by atoms with Gasteiger partial charge in [-0.05, 0) is 49.2 Å². The number of aryl methyl sites for hydroxylation is 2. The molecule has 1 aliphatic rings. The predicted molar refractivity (Wildman–Crippen MR) is 98.5 cm³/mol. The molecule has 3 rings (SSSR count). The van der Waals surface area contributed by atoms with E-state index in [0.29, 0.717) is 11.8 Å². The molecule has 0 bridgehead atoms. The maximum absolute atomic E-state index is 12.4. The Balaban J connectivity index is 1.71. The lowest BCUT2D eigenvalue weighted by Gasteiger charge is -2.33. The summed E-state index contributed by atoms with van der Waals surface area (Å²) in [6.45, 7) is 7.61. The molecule has 0 aliphatic carbocycles. The van der Waals surface area contributed by atoms with Gasteiger partial charge in [-0.25, -0.2) is 0 Å². The van der Waals surface area contributed by atoms with Crippen molar-refractivity contribution in [3.05, 3.63) is 53.6 Å². The number of nitrogens with zero attached hydrogens (tertiary/aromatic N) is 1. The van der Waals surface area contributed by atoms with Crippen LogP contribution in [0.1, 0.15) is 18.1 Å². The molecule has 120 valence electrons. The third-order valence-corrected chi connectivity index (χ3v) is 5.29. The highest BCUT2D eigenvalue weighted by Gasteiger charge is 2.23. The summed E-state index contributed by atoms with van der Waals surface area (Å²) in [5.41, 5.74) is 4.45. The summed E-state index contributed by atoms with van der Waals surface area (Å²) in [7, 11) is 0. The van der Waals surface area contributed by atoms with E-state index < -0.39 is 0 Å². The van der Waals surface area contributed by atoms with Gasteiger partial charge in [-0.15, -0.1) is 11.8 Å². The number of fused-ring (bicyclic) bond motifs is 1. The van der Waals surface area contributed by atoms with Crippen molar-refractivity contribution in [1.29, 1.82) is 0 Å². The third-order valence-electron chi connectivity index (χ3n) is 4.14. The van der Waals surface area contributed by atoms with E-state index in [9.17, 15) is 4.79 Å². The van der Waals surface area contributed by atoms with Crippen LogP contribution in [-0.2, 0) is 4.79 Å². The molecule has 1 atom stereocenters. The van der Waals surface area contributed by atoms with Crippen molar-refractivity contribution in [3.8, 4) is 0 Å². The number of anilines is 2. The number of nitrogens with one attached hydrogen (secondary N) is 1. The molecule has 2 aromatic carbocycles. The van der Waals surface area contributed by atoms with Crippen molar-refractivity contribution in [3.63, 3.8) is 0 Å². The summed E-state index contributed by atoms with van der Waals surface area (Å²) in [5, 5.41) is 3.50. The van der Waals surface area contributed by atoms with E-state index in [0.717, 1.165) is 17.9 Å². The van der Waals surface area contributed by atoms with Gasteiger partial charge >= 0.3 is 0 Å². The lowest BCUT2D eigenvalue weighted by molar-refractivity contribution is -0.115. The van der Waals surface area contributed by atoms with E-state index in [4.69, 9.17) is 0 Å². The molecular formula is C19H22N2OS. The predicted octanol–water partition coefficient (Wildman–Crippen LogP) is 4.24. The van der Waals surface area contributed by atoms with Crippen molar-refractivity contribution in [2.24, 2.45) is 0 Å². The first-order valence-electron chi connectivity index (χ1n) is 7.90. The molecule has 3 nitrogen and oxygen atoms in total. The van der Waals surface area contributed by atoms with E-state index in [1.54, 1.807) is 0 Å². The molecule has 1 N–H and O–H groups in total. The number of benzene rings is 2. The number of carbonyl (C=O) groups excluding carboxylic acids is 1. The quantitative estimate of drug-likeness (QED) is 0.915. The van der Waals surface area contributed by atoms with Crippen LogP contribution >= 0.6 is 11.8 Å². The van der Waals surface area contributed by atoms with Crippen LogP contribution in [0.2, 0.25) is 0 Å². The molecule has 1 unspecified atom stereocenters. The topological polar surface area (TPSA) is 32.3 Å². The molecule has 0 fully saturated rings. The second-order valence-electron chi connectivity index (χ2n) is 6.12. The average Bonchev–Trinajstić information content (AvgIpc) is 2.51. The molecule has 2 aromatic rings. The Morgan fingerprint density at radius 1 is 1.22 bits per heavy atom. The maximum atomic E-state index is 12.4. The van der Waals surface area contributed by atoms with Gasteiger partial charge in [0.2, 0.25) is 5.91 Å². The molecule has 0 saturated heterocycles. The van der Waals surface area contributed by atoms with Gasteiger partial charge in [-0.1, -0.05) is 25.1 Å². The van der Waals surface area contributed by atoms with E-state index in [2.05, 4.69) is 49.2 Å². The molecule has 1 amide bonds. The van der Waals surface area contributed by atoms with Crippen LogP contribution in [0.25, 0.3) is 0 Å². The van der Waals surface area contributed by atoms with Crippen molar-refractivity contribution in [2.75, 3.05) is 23.3 Å². The number of hydrogen-bond acceptors (Lipinski definition) is 3. The zero-order chi connectivity index (χ0) is 16.4. The molecule has 23 heavy (non-hydrogen) atoms. The first kappa shape index (κ1) is 15.9. The average molecular weight is 326 g/mol. The van der Waals surface area contributed by atoms with E-state index in [1.165, 1.54) is 16.0 Å². The Morgan fingerprint density at radius 3 is 2.78 bits per heavy atom. The third kappa shape index (κ3) is 3.70. The molecule has 0 aromatic heterocycles. The van der Waals surface area contributed by atoms with Gasteiger partial charge in [0.15, 0.2) is 0 Å². The Hall–Kier alpha value is -1.94. The van der Waals surface area contributed by atoms with Crippen LogP contribution < -0.4 is 10.2 Å². The monoisotopic (exact) mass is 326 g/mol. The minimum absolute atomic E-state index is 0.0298. The van der Waals surface area contributed by atoms with Gasteiger partial charge < -0.3 is 10.2 Å². The number of thioether (sulfide) groups is 1. The van der Waals surface area contributed by atoms with Crippen molar-refractivity contribution in [1.82, 2.24) is 0 Å². The van der Waals surface area contributed by atoms with Gasteiger partial charge in [-0.2, -0.15) is 0 Å².